The number of aromatic nitrogens is 5. The molecule has 1 atom stereocenters. The maximum absolute atomic E-state index is 13.7. The van der Waals surface area contributed by atoms with Crippen LogP contribution in [0.1, 0.15) is 35.3 Å². The number of hydrogen-bond acceptors (Lipinski definition) is 5. The minimum Gasteiger partial charge on any atom is -0.354 e. The van der Waals surface area contributed by atoms with Crippen molar-refractivity contribution in [1.29, 1.82) is 0 Å². The predicted octanol–water partition coefficient (Wildman–Crippen LogP) is 2.59. The zero-order chi connectivity index (χ0) is 19.8. The van der Waals surface area contributed by atoms with Gasteiger partial charge >= 0.3 is 0 Å². The molecule has 11 heteroatoms. The summed E-state index contributed by atoms with van der Waals surface area (Å²) in [6.45, 7) is 0.916. The van der Waals surface area contributed by atoms with Gasteiger partial charge in [0.15, 0.2) is 11.3 Å². The molecule has 8 nitrogen and oxygen atoms in total. The third-order valence-corrected chi connectivity index (χ3v) is 4.60. The Morgan fingerprint density at radius 2 is 2.21 bits per heavy atom. The van der Waals surface area contributed by atoms with Gasteiger partial charge in [0.25, 0.3) is 12.3 Å². The highest BCUT2D eigenvalue weighted by atomic mass is 19.3. The lowest BCUT2D eigenvalue weighted by molar-refractivity contribution is 0.102. The van der Waals surface area contributed by atoms with Crippen LogP contribution in [0.15, 0.2) is 24.7 Å². The van der Waals surface area contributed by atoms with Crippen LogP contribution in [0.3, 0.4) is 0 Å². The van der Waals surface area contributed by atoms with Crippen LogP contribution in [0.2, 0.25) is 0 Å². The Labute approximate surface area is 158 Å². The van der Waals surface area contributed by atoms with Crippen molar-refractivity contribution in [1.82, 2.24) is 24.4 Å². The first kappa shape index (κ1) is 18.3. The number of fused-ring (bicyclic) bond motifs is 1. The van der Waals surface area contributed by atoms with E-state index in [1.807, 2.05) is 4.90 Å². The molecule has 1 unspecified atom stereocenters. The summed E-state index contributed by atoms with van der Waals surface area (Å²) in [4.78, 5) is 18.9. The molecule has 1 amide bonds. The number of nitrogens with one attached hydrogen (secondary N) is 1. The fraction of sp³-hybridized carbons (Fsp3) is 0.412. The third-order valence-electron chi connectivity index (χ3n) is 4.60. The Morgan fingerprint density at radius 1 is 1.39 bits per heavy atom. The number of amides is 1. The van der Waals surface area contributed by atoms with Gasteiger partial charge in [-0.05, 0) is 18.9 Å². The average Bonchev–Trinajstić information content (AvgIpc) is 3.24. The van der Waals surface area contributed by atoms with E-state index in [9.17, 15) is 18.0 Å². The standard InChI is InChI=1S/C17H18F3N7O/c1-25-9-12(14(24-25)15(19)20)22-17(28)11-7-21-27-6-4-13(23-16(11)27)26-5-2-3-10(18)8-26/h4,6-7,9-10,15H,2-3,5,8H2,1H3,(H,22,28). The topological polar surface area (TPSA) is 80.4 Å². The lowest BCUT2D eigenvalue weighted by atomic mass is 10.1. The molecule has 3 aromatic rings. The fourth-order valence-corrected chi connectivity index (χ4v) is 3.28. The van der Waals surface area contributed by atoms with Gasteiger partial charge in [-0.15, -0.1) is 0 Å². The van der Waals surface area contributed by atoms with Gasteiger partial charge in [0.1, 0.15) is 17.6 Å². The van der Waals surface area contributed by atoms with Gasteiger partial charge in [-0.1, -0.05) is 0 Å². The molecule has 1 aliphatic heterocycles. The van der Waals surface area contributed by atoms with E-state index in [0.717, 1.165) is 6.42 Å². The van der Waals surface area contributed by atoms with Gasteiger partial charge in [0, 0.05) is 26.0 Å². The van der Waals surface area contributed by atoms with Gasteiger partial charge in [0.2, 0.25) is 0 Å². The Hall–Kier alpha value is -3.11. The van der Waals surface area contributed by atoms with Crippen LogP contribution in [-0.4, -0.2) is 49.5 Å². The number of rotatable bonds is 4. The van der Waals surface area contributed by atoms with Crippen molar-refractivity contribution in [3.63, 3.8) is 0 Å². The molecule has 3 aromatic heterocycles. The molecule has 0 radical (unpaired) electrons. The smallest absolute Gasteiger partial charge is 0.284 e. The molecule has 0 aliphatic carbocycles. The zero-order valence-electron chi connectivity index (χ0n) is 15.0. The van der Waals surface area contributed by atoms with E-state index >= 15 is 0 Å². The van der Waals surface area contributed by atoms with Crippen molar-refractivity contribution in [2.45, 2.75) is 25.4 Å². The maximum atomic E-state index is 13.7. The second kappa shape index (κ2) is 7.13. The highest BCUT2D eigenvalue weighted by Crippen LogP contribution is 2.26. The van der Waals surface area contributed by atoms with E-state index in [1.165, 1.54) is 28.6 Å². The summed E-state index contributed by atoms with van der Waals surface area (Å²) in [6, 6.07) is 1.70. The number of anilines is 2. The molecular formula is C17H18F3N7O. The van der Waals surface area contributed by atoms with Crippen LogP contribution in [-0.2, 0) is 7.05 Å². The molecule has 148 valence electrons. The summed E-state index contributed by atoms with van der Waals surface area (Å²) >= 11 is 0. The summed E-state index contributed by atoms with van der Waals surface area (Å²) < 4.78 is 42.5. The van der Waals surface area contributed by atoms with E-state index in [4.69, 9.17) is 0 Å². The van der Waals surface area contributed by atoms with E-state index in [0.29, 0.717) is 18.8 Å². The molecule has 0 saturated carbocycles. The molecule has 1 aliphatic rings. The number of aryl methyl sites for hydroxylation is 1. The van der Waals surface area contributed by atoms with Crippen molar-refractivity contribution < 1.29 is 18.0 Å². The average molecular weight is 393 g/mol. The number of piperidine rings is 1. The zero-order valence-corrected chi connectivity index (χ0v) is 15.0. The largest absolute Gasteiger partial charge is 0.354 e. The molecule has 4 rings (SSSR count). The number of hydrogen-bond donors (Lipinski definition) is 1. The highest BCUT2D eigenvalue weighted by molar-refractivity contribution is 6.08. The quantitative estimate of drug-likeness (QED) is 0.737. The van der Waals surface area contributed by atoms with Crippen molar-refractivity contribution in [3.05, 3.63) is 35.9 Å². The number of halogens is 3. The second-order valence-electron chi connectivity index (χ2n) is 6.65. The lowest BCUT2D eigenvalue weighted by Crippen LogP contribution is -2.36. The molecule has 1 saturated heterocycles. The number of alkyl halides is 3. The minimum atomic E-state index is -2.82. The van der Waals surface area contributed by atoms with Gasteiger partial charge < -0.3 is 10.2 Å². The van der Waals surface area contributed by atoms with Crippen LogP contribution in [0.25, 0.3) is 5.65 Å². The normalized spacial score (nSPS) is 17.5. The Balaban J connectivity index is 1.63. The molecule has 0 bridgehead atoms. The molecule has 0 aromatic carbocycles. The summed E-state index contributed by atoms with van der Waals surface area (Å²) in [5, 5.41) is 10.2. The first-order valence-electron chi connectivity index (χ1n) is 8.79. The monoisotopic (exact) mass is 393 g/mol. The predicted molar refractivity (Wildman–Crippen MR) is 95.4 cm³/mol. The van der Waals surface area contributed by atoms with Crippen LogP contribution in [0, 0.1) is 0 Å². The first-order chi connectivity index (χ1) is 13.4. The van der Waals surface area contributed by atoms with E-state index in [2.05, 4.69) is 20.5 Å². The van der Waals surface area contributed by atoms with E-state index in [-0.39, 0.29) is 23.4 Å². The molecule has 1 fully saturated rings. The van der Waals surface area contributed by atoms with Gasteiger partial charge in [-0.3, -0.25) is 9.48 Å². The number of carbonyl (C=O) groups is 1. The SMILES string of the molecule is Cn1cc(NC(=O)c2cnn3ccc(N4CCCC(F)C4)nc23)c(C(F)F)n1. The fourth-order valence-electron chi connectivity index (χ4n) is 3.28. The molecule has 28 heavy (non-hydrogen) atoms. The van der Waals surface area contributed by atoms with Gasteiger partial charge in [0.05, 0.1) is 18.4 Å². The van der Waals surface area contributed by atoms with Crippen molar-refractivity contribution in [2.75, 3.05) is 23.3 Å². The minimum absolute atomic E-state index is 0.0747. The van der Waals surface area contributed by atoms with E-state index in [1.54, 1.807) is 12.3 Å². The Morgan fingerprint density at radius 3 is 2.96 bits per heavy atom. The van der Waals surface area contributed by atoms with Gasteiger partial charge in [-0.25, -0.2) is 22.7 Å². The summed E-state index contributed by atoms with van der Waals surface area (Å²) in [5.74, 6) is -0.0874. The maximum Gasteiger partial charge on any atom is 0.284 e. The van der Waals surface area contributed by atoms with E-state index < -0.39 is 24.2 Å². The summed E-state index contributed by atoms with van der Waals surface area (Å²) in [5.41, 5.74) is -0.198. The Bertz CT molecular complexity index is 1020. The van der Waals surface area contributed by atoms with Crippen LogP contribution in [0.4, 0.5) is 24.7 Å². The second-order valence-corrected chi connectivity index (χ2v) is 6.65. The van der Waals surface area contributed by atoms with Crippen LogP contribution >= 0.6 is 0 Å². The molecular weight excluding hydrogens is 375 g/mol. The first-order valence-corrected chi connectivity index (χ1v) is 8.79. The summed E-state index contributed by atoms with van der Waals surface area (Å²) in [6.07, 6.45) is 1.75. The van der Waals surface area contributed by atoms with Crippen molar-refractivity contribution in [3.8, 4) is 0 Å². The molecule has 4 heterocycles. The van der Waals surface area contributed by atoms with Crippen LogP contribution in [0.5, 0.6) is 0 Å². The molecule has 1 N–H and O–H groups in total. The lowest BCUT2D eigenvalue weighted by Gasteiger charge is -2.29. The number of nitrogens with zero attached hydrogens (tertiary/aromatic N) is 6. The van der Waals surface area contributed by atoms with Crippen molar-refractivity contribution in [2.24, 2.45) is 7.05 Å². The van der Waals surface area contributed by atoms with Crippen LogP contribution < -0.4 is 10.2 Å². The number of carbonyl (C=O) groups excluding carboxylic acids is 1. The molecule has 0 spiro atoms. The Kier molecular flexibility index (Phi) is 4.65. The van der Waals surface area contributed by atoms with Crippen molar-refractivity contribution >= 4 is 23.1 Å². The highest BCUT2D eigenvalue weighted by Gasteiger charge is 2.24. The third kappa shape index (κ3) is 3.39. The summed E-state index contributed by atoms with van der Waals surface area (Å²) in [7, 11) is 1.49. The van der Waals surface area contributed by atoms with Gasteiger partial charge in [-0.2, -0.15) is 10.2 Å².